The van der Waals surface area contributed by atoms with Crippen molar-refractivity contribution in [3.8, 4) is 0 Å². The Morgan fingerprint density at radius 3 is 3.00 bits per heavy atom. The van der Waals surface area contributed by atoms with Crippen molar-refractivity contribution in [2.75, 3.05) is 13.1 Å². The van der Waals surface area contributed by atoms with Crippen LogP contribution in [0.25, 0.3) is 0 Å². The van der Waals surface area contributed by atoms with Gasteiger partial charge in [-0.1, -0.05) is 0 Å². The molecule has 1 aliphatic rings. The SMILES string of the molecule is O=S(=O)(c1cnc[nH]1)N1CCC(n2cccn2)C1. The van der Waals surface area contributed by atoms with Gasteiger partial charge < -0.3 is 4.98 Å². The van der Waals surface area contributed by atoms with E-state index in [9.17, 15) is 8.42 Å². The first kappa shape index (κ1) is 11.4. The number of nitrogens with one attached hydrogen (secondary N) is 1. The second-order valence-electron chi connectivity index (χ2n) is 4.21. The van der Waals surface area contributed by atoms with E-state index in [1.54, 1.807) is 6.20 Å². The average molecular weight is 267 g/mol. The number of nitrogens with zero attached hydrogens (tertiary/aromatic N) is 4. The van der Waals surface area contributed by atoms with Gasteiger partial charge in [-0.3, -0.25) is 4.68 Å². The molecule has 1 N–H and O–H groups in total. The molecule has 2 aromatic heterocycles. The Morgan fingerprint density at radius 1 is 1.44 bits per heavy atom. The fraction of sp³-hybridized carbons (Fsp3) is 0.400. The zero-order valence-corrected chi connectivity index (χ0v) is 10.4. The van der Waals surface area contributed by atoms with Crippen molar-refractivity contribution in [2.24, 2.45) is 0 Å². The summed E-state index contributed by atoms with van der Waals surface area (Å²) in [5, 5.41) is 4.29. The lowest BCUT2D eigenvalue weighted by molar-refractivity contribution is 0.433. The van der Waals surface area contributed by atoms with E-state index in [4.69, 9.17) is 0 Å². The van der Waals surface area contributed by atoms with E-state index in [0.717, 1.165) is 6.42 Å². The van der Waals surface area contributed by atoms with Crippen LogP contribution in [0.5, 0.6) is 0 Å². The standard InChI is InChI=1S/C10H13N5O2S/c16-18(17,10-6-11-8-12-10)14-5-2-9(7-14)15-4-1-3-13-15/h1,3-4,6,8-9H,2,5,7H2,(H,11,12). The molecule has 8 heteroatoms. The number of hydrogen-bond acceptors (Lipinski definition) is 4. The molecule has 2 aromatic rings. The van der Waals surface area contributed by atoms with Crippen LogP contribution in [0.15, 0.2) is 36.0 Å². The molecule has 0 saturated carbocycles. The summed E-state index contributed by atoms with van der Waals surface area (Å²) in [5.41, 5.74) is 0. The molecular weight excluding hydrogens is 254 g/mol. The minimum atomic E-state index is -3.45. The van der Waals surface area contributed by atoms with Gasteiger partial charge in [0.2, 0.25) is 0 Å². The zero-order chi connectivity index (χ0) is 12.6. The molecule has 3 rings (SSSR count). The van der Waals surface area contributed by atoms with Crippen LogP contribution >= 0.6 is 0 Å². The first-order valence-corrected chi connectivity index (χ1v) is 7.09. The molecule has 0 amide bonds. The largest absolute Gasteiger partial charge is 0.335 e. The van der Waals surface area contributed by atoms with Crippen molar-refractivity contribution in [1.82, 2.24) is 24.1 Å². The van der Waals surface area contributed by atoms with Crippen molar-refractivity contribution in [3.05, 3.63) is 31.0 Å². The highest BCUT2D eigenvalue weighted by Crippen LogP contribution is 2.25. The predicted molar refractivity (Wildman–Crippen MR) is 63.2 cm³/mol. The van der Waals surface area contributed by atoms with E-state index >= 15 is 0 Å². The van der Waals surface area contributed by atoms with E-state index in [1.807, 2.05) is 16.9 Å². The van der Waals surface area contributed by atoms with Crippen LogP contribution in [0, 0.1) is 0 Å². The second kappa shape index (κ2) is 4.21. The second-order valence-corrected chi connectivity index (χ2v) is 6.11. The molecule has 0 bridgehead atoms. The Hall–Kier alpha value is -1.67. The monoisotopic (exact) mass is 267 g/mol. The maximum atomic E-state index is 12.2. The zero-order valence-electron chi connectivity index (χ0n) is 9.60. The highest BCUT2D eigenvalue weighted by molar-refractivity contribution is 7.89. The molecule has 1 unspecified atom stereocenters. The van der Waals surface area contributed by atoms with Crippen LogP contribution in [-0.4, -0.2) is 45.6 Å². The Bertz CT molecular complexity index is 605. The molecule has 3 heterocycles. The molecule has 0 aromatic carbocycles. The van der Waals surface area contributed by atoms with Gasteiger partial charge in [0.25, 0.3) is 10.0 Å². The average Bonchev–Trinajstić information content (AvgIpc) is 3.12. The van der Waals surface area contributed by atoms with Crippen molar-refractivity contribution >= 4 is 10.0 Å². The summed E-state index contributed by atoms with van der Waals surface area (Å²) in [6.45, 7) is 0.953. The van der Waals surface area contributed by atoms with Crippen LogP contribution < -0.4 is 0 Å². The summed E-state index contributed by atoms with van der Waals surface area (Å²) in [4.78, 5) is 6.39. The summed E-state index contributed by atoms with van der Waals surface area (Å²) in [6, 6.07) is 1.95. The lowest BCUT2D eigenvalue weighted by Crippen LogP contribution is -2.29. The number of rotatable bonds is 3. The van der Waals surface area contributed by atoms with Crippen LogP contribution in [0.1, 0.15) is 12.5 Å². The Morgan fingerprint density at radius 2 is 2.33 bits per heavy atom. The smallest absolute Gasteiger partial charge is 0.260 e. The van der Waals surface area contributed by atoms with E-state index in [-0.39, 0.29) is 11.1 Å². The van der Waals surface area contributed by atoms with Gasteiger partial charge in [-0.25, -0.2) is 13.4 Å². The first-order chi connectivity index (χ1) is 8.68. The van der Waals surface area contributed by atoms with Gasteiger partial charge in [0, 0.05) is 25.5 Å². The summed E-state index contributed by atoms with van der Waals surface area (Å²) in [7, 11) is -3.45. The van der Waals surface area contributed by atoms with Gasteiger partial charge in [0.15, 0.2) is 5.03 Å². The van der Waals surface area contributed by atoms with E-state index in [1.165, 1.54) is 16.8 Å². The lowest BCUT2D eigenvalue weighted by atomic mass is 10.3. The van der Waals surface area contributed by atoms with Gasteiger partial charge in [-0.15, -0.1) is 0 Å². The van der Waals surface area contributed by atoms with Gasteiger partial charge in [0.1, 0.15) is 0 Å². The van der Waals surface area contributed by atoms with Crippen LogP contribution in [-0.2, 0) is 10.0 Å². The molecule has 0 radical (unpaired) electrons. The molecular formula is C10H13N5O2S. The Balaban J connectivity index is 1.80. The molecule has 0 spiro atoms. The number of aromatic amines is 1. The minimum Gasteiger partial charge on any atom is -0.335 e. The van der Waals surface area contributed by atoms with Crippen molar-refractivity contribution < 1.29 is 8.42 Å². The molecule has 1 atom stereocenters. The fourth-order valence-electron chi connectivity index (χ4n) is 2.16. The van der Waals surface area contributed by atoms with Crippen LogP contribution in [0.2, 0.25) is 0 Å². The number of H-pyrrole nitrogens is 1. The molecule has 1 aliphatic heterocycles. The maximum Gasteiger partial charge on any atom is 0.260 e. The normalized spacial score (nSPS) is 21.4. The van der Waals surface area contributed by atoms with E-state index in [2.05, 4.69) is 15.1 Å². The number of aromatic nitrogens is 4. The van der Waals surface area contributed by atoms with E-state index < -0.39 is 10.0 Å². The highest BCUT2D eigenvalue weighted by atomic mass is 32.2. The van der Waals surface area contributed by atoms with Gasteiger partial charge in [-0.05, 0) is 12.5 Å². The quantitative estimate of drug-likeness (QED) is 0.863. The molecule has 1 saturated heterocycles. The number of sulfonamides is 1. The third-order valence-electron chi connectivity index (χ3n) is 3.12. The van der Waals surface area contributed by atoms with Gasteiger partial charge >= 0.3 is 0 Å². The molecule has 18 heavy (non-hydrogen) atoms. The maximum absolute atomic E-state index is 12.2. The number of imidazole rings is 1. The Kier molecular flexibility index (Phi) is 2.67. The summed E-state index contributed by atoms with van der Waals surface area (Å²) in [6.07, 6.45) is 7.03. The van der Waals surface area contributed by atoms with E-state index in [0.29, 0.717) is 13.1 Å². The molecule has 1 fully saturated rings. The highest BCUT2D eigenvalue weighted by Gasteiger charge is 2.34. The number of hydrogen-bond donors (Lipinski definition) is 1. The fourth-order valence-corrected chi connectivity index (χ4v) is 3.55. The minimum absolute atomic E-state index is 0.109. The Labute approximate surface area is 104 Å². The molecule has 0 aliphatic carbocycles. The van der Waals surface area contributed by atoms with Crippen molar-refractivity contribution in [1.29, 1.82) is 0 Å². The van der Waals surface area contributed by atoms with Crippen LogP contribution in [0.4, 0.5) is 0 Å². The van der Waals surface area contributed by atoms with Gasteiger partial charge in [0.05, 0.1) is 18.6 Å². The predicted octanol–water partition coefficient (Wildman–Crippen LogP) is 0.242. The topological polar surface area (TPSA) is 83.9 Å². The van der Waals surface area contributed by atoms with Gasteiger partial charge in [-0.2, -0.15) is 9.40 Å². The summed E-state index contributed by atoms with van der Waals surface area (Å²) in [5.74, 6) is 0. The van der Waals surface area contributed by atoms with Crippen molar-refractivity contribution in [2.45, 2.75) is 17.5 Å². The first-order valence-electron chi connectivity index (χ1n) is 5.65. The third kappa shape index (κ3) is 1.83. The third-order valence-corrected chi connectivity index (χ3v) is 4.91. The summed E-state index contributed by atoms with van der Waals surface area (Å²) >= 11 is 0. The summed E-state index contributed by atoms with van der Waals surface area (Å²) < 4.78 is 27.7. The van der Waals surface area contributed by atoms with Crippen LogP contribution in [0.3, 0.4) is 0 Å². The lowest BCUT2D eigenvalue weighted by Gasteiger charge is -2.15. The van der Waals surface area contributed by atoms with Crippen molar-refractivity contribution in [3.63, 3.8) is 0 Å². The molecule has 7 nitrogen and oxygen atoms in total. The molecule has 96 valence electrons.